The second kappa shape index (κ2) is 44.4. The number of quaternary nitrogens is 2. The van der Waals surface area contributed by atoms with E-state index in [9.17, 15) is 0 Å². The topological polar surface area (TPSA) is 80.3 Å². The van der Waals surface area contributed by atoms with E-state index in [2.05, 4.69) is 80.2 Å². The summed E-state index contributed by atoms with van der Waals surface area (Å²) in [5, 5.41) is 0. The molecule has 0 unspecified atom stereocenters. The zero-order valence-electron chi connectivity index (χ0n) is 38.7. The number of allylic oxidation sites excluding steroid dienone is 4. The quantitative estimate of drug-likeness (QED) is 0.0205. The van der Waals surface area contributed by atoms with E-state index in [4.69, 9.17) is 17.5 Å². The predicted octanol–water partition coefficient (Wildman–Crippen LogP) is 14.5. The van der Waals surface area contributed by atoms with Crippen LogP contribution in [0.1, 0.15) is 233 Å². The summed E-state index contributed by atoms with van der Waals surface area (Å²) in [6.45, 7) is 14.6. The summed E-state index contributed by atoms with van der Waals surface area (Å²) in [6, 6.07) is 0. The third-order valence-corrected chi connectivity index (χ3v) is 10.8. The van der Waals surface area contributed by atoms with Crippen molar-refractivity contribution < 1.29 is 26.5 Å². The first kappa shape index (κ1) is 58.6. The summed E-state index contributed by atoms with van der Waals surface area (Å²) in [5.41, 5.74) is 0. The van der Waals surface area contributed by atoms with Crippen molar-refractivity contribution in [3.05, 3.63) is 24.3 Å². The van der Waals surface area contributed by atoms with Gasteiger partial charge in [0.25, 0.3) is 0 Å². The lowest BCUT2D eigenvalue weighted by molar-refractivity contribution is -0.890. The van der Waals surface area contributed by atoms with Gasteiger partial charge >= 0.3 is 0 Å². The molecule has 55 heavy (non-hydrogen) atoms. The Bertz CT molecular complexity index is 836. The van der Waals surface area contributed by atoms with Crippen LogP contribution in [0.3, 0.4) is 0 Å². The van der Waals surface area contributed by atoms with E-state index in [0.717, 1.165) is 0 Å². The Hall–Kier alpha value is -0.730. The Balaban J connectivity index is -0.000000874. The molecule has 0 fully saturated rings. The molecule has 0 saturated carbocycles. The van der Waals surface area contributed by atoms with Crippen LogP contribution in [-0.4, -0.2) is 80.9 Å². The molecular formula is C48H100N2O4S. The van der Waals surface area contributed by atoms with Crippen molar-refractivity contribution in [1.29, 1.82) is 0 Å². The summed E-state index contributed by atoms with van der Waals surface area (Å²) in [6.07, 6.45) is 54.4. The summed E-state index contributed by atoms with van der Waals surface area (Å²) in [7, 11) is 4.42. The van der Waals surface area contributed by atoms with Crippen molar-refractivity contribution in [2.45, 2.75) is 233 Å². The van der Waals surface area contributed by atoms with Crippen LogP contribution >= 0.6 is 0 Å². The van der Waals surface area contributed by atoms with Crippen molar-refractivity contribution in [3.8, 4) is 0 Å². The van der Waals surface area contributed by atoms with Gasteiger partial charge in [-0.05, 0) is 89.9 Å². The standard InChI is InChI=1S/2C24H50N.H2O4S/c2*1-5-7-9-10-11-12-13-14-15-16-17-18-19-20-21-22-24-25(3,4)23-8-6-2;1-5(2,3)4/h2*14-15H,5-13,16-24H2,1-4H3;(H2,1,2,3,4)/q2*+1;/p-2/b2*15-14-;. The Kier molecular flexibility index (Phi) is 47.3. The van der Waals surface area contributed by atoms with Crippen LogP contribution < -0.4 is 0 Å². The van der Waals surface area contributed by atoms with Gasteiger partial charge in [0.05, 0.1) is 54.4 Å². The van der Waals surface area contributed by atoms with E-state index in [1.54, 1.807) is 0 Å². The number of hydrogen-bond donors (Lipinski definition) is 0. The molecule has 0 rings (SSSR count). The van der Waals surface area contributed by atoms with Gasteiger partial charge in [0.1, 0.15) is 0 Å². The van der Waals surface area contributed by atoms with Gasteiger partial charge in [-0.25, -0.2) is 0 Å². The fraction of sp³-hybridized carbons (Fsp3) is 0.917. The minimum absolute atomic E-state index is 1.22. The van der Waals surface area contributed by atoms with E-state index >= 15 is 0 Å². The average molecular weight is 801 g/mol. The fourth-order valence-corrected chi connectivity index (χ4v) is 6.97. The summed E-state index contributed by atoms with van der Waals surface area (Å²) in [4.78, 5) is 0. The monoisotopic (exact) mass is 801 g/mol. The molecule has 332 valence electrons. The van der Waals surface area contributed by atoms with Gasteiger partial charge in [-0.15, -0.1) is 0 Å². The van der Waals surface area contributed by atoms with Crippen LogP contribution in [0.5, 0.6) is 0 Å². The fourth-order valence-electron chi connectivity index (χ4n) is 6.97. The molecule has 0 aromatic heterocycles. The van der Waals surface area contributed by atoms with Crippen molar-refractivity contribution in [1.82, 2.24) is 0 Å². The molecule has 0 saturated heterocycles. The van der Waals surface area contributed by atoms with Crippen molar-refractivity contribution in [3.63, 3.8) is 0 Å². The first-order valence-corrected chi connectivity index (χ1v) is 25.2. The van der Waals surface area contributed by atoms with Gasteiger partial charge < -0.3 is 18.1 Å². The molecule has 0 N–H and O–H groups in total. The number of nitrogens with zero attached hydrogens (tertiary/aromatic N) is 2. The van der Waals surface area contributed by atoms with E-state index in [0.29, 0.717) is 0 Å². The van der Waals surface area contributed by atoms with Crippen LogP contribution in [0.4, 0.5) is 0 Å². The first-order chi connectivity index (χ1) is 26.2. The second-order valence-corrected chi connectivity index (χ2v) is 18.6. The minimum Gasteiger partial charge on any atom is -0.759 e. The van der Waals surface area contributed by atoms with E-state index < -0.39 is 10.4 Å². The molecule has 0 aliphatic carbocycles. The number of unbranched alkanes of at least 4 members (excludes halogenated alkanes) is 26. The maximum atomic E-state index is 8.52. The Morgan fingerprint density at radius 2 is 0.509 bits per heavy atom. The van der Waals surface area contributed by atoms with Gasteiger partial charge in [0.2, 0.25) is 0 Å². The van der Waals surface area contributed by atoms with Crippen LogP contribution in [-0.2, 0) is 10.4 Å². The smallest absolute Gasteiger partial charge is 0.0782 e. The largest absolute Gasteiger partial charge is 0.759 e. The average Bonchev–Trinajstić information content (AvgIpc) is 3.12. The van der Waals surface area contributed by atoms with Crippen LogP contribution in [0.25, 0.3) is 0 Å². The Labute approximate surface area is 347 Å². The normalized spacial score (nSPS) is 12.3. The molecule has 0 aliphatic heterocycles. The molecule has 0 aliphatic rings. The van der Waals surface area contributed by atoms with Gasteiger partial charge in [0, 0.05) is 10.4 Å². The molecule has 0 aromatic rings. The molecule has 0 spiro atoms. The first-order valence-electron chi connectivity index (χ1n) is 23.8. The zero-order chi connectivity index (χ0) is 41.8. The van der Waals surface area contributed by atoms with E-state index in [-0.39, 0.29) is 0 Å². The molecule has 0 radical (unpaired) electrons. The molecule has 6 nitrogen and oxygen atoms in total. The van der Waals surface area contributed by atoms with Crippen LogP contribution in [0.15, 0.2) is 24.3 Å². The molecule has 0 bridgehead atoms. The van der Waals surface area contributed by atoms with E-state index in [1.807, 2.05) is 0 Å². The summed E-state index contributed by atoms with van der Waals surface area (Å²) >= 11 is 0. The van der Waals surface area contributed by atoms with Crippen molar-refractivity contribution >= 4 is 10.4 Å². The molecule has 0 amide bonds. The highest BCUT2D eigenvalue weighted by molar-refractivity contribution is 7.79. The third-order valence-electron chi connectivity index (χ3n) is 10.8. The molecule has 0 aromatic carbocycles. The zero-order valence-corrected chi connectivity index (χ0v) is 39.5. The van der Waals surface area contributed by atoms with Crippen molar-refractivity contribution in [2.24, 2.45) is 0 Å². The maximum absolute atomic E-state index is 8.52. The van der Waals surface area contributed by atoms with Gasteiger partial charge in [0.15, 0.2) is 0 Å². The van der Waals surface area contributed by atoms with Gasteiger partial charge in [-0.2, -0.15) is 0 Å². The molecule has 7 heteroatoms. The highest BCUT2D eigenvalue weighted by atomic mass is 32.3. The van der Waals surface area contributed by atoms with Crippen LogP contribution in [0.2, 0.25) is 0 Å². The van der Waals surface area contributed by atoms with E-state index in [1.165, 1.54) is 241 Å². The second-order valence-electron chi connectivity index (χ2n) is 17.8. The van der Waals surface area contributed by atoms with Gasteiger partial charge in [-0.3, -0.25) is 8.42 Å². The lowest BCUT2D eigenvalue weighted by atomic mass is 10.1. The Morgan fingerprint density at radius 3 is 0.745 bits per heavy atom. The molecular weight excluding hydrogens is 701 g/mol. The maximum Gasteiger partial charge on any atom is 0.0782 e. The highest BCUT2D eigenvalue weighted by Crippen LogP contribution is 2.13. The Morgan fingerprint density at radius 1 is 0.327 bits per heavy atom. The third kappa shape index (κ3) is 62.7. The van der Waals surface area contributed by atoms with Crippen molar-refractivity contribution in [2.75, 3.05) is 54.4 Å². The predicted molar refractivity (Wildman–Crippen MR) is 243 cm³/mol. The highest BCUT2D eigenvalue weighted by Gasteiger charge is 2.13. The summed E-state index contributed by atoms with van der Waals surface area (Å²) < 4.78 is 36.5. The number of rotatable bonds is 38. The summed E-state index contributed by atoms with van der Waals surface area (Å²) in [5.74, 6) is 0. The lowest BCUT2D eigenvalue weighted by Crippen LogP contribution is -2.41. The molecule has 0 atom stereocenters. The van der Waals surface area contributed by atoms with Gasteiger partial charge in [-0.1, -0.05) is 168 Å². The minimum atomic E-state index is -5.17. The SMILES string of the molecule is CCCCCCCC/C=C\CCCCCCCC[N+](C)(C)CCCC.CCCCCCCC/C=C\CCCCCCCC[N+](C)(C)CCCC.O=S(=O)([O-])[O-]. The molecule has 0 heterocycles. The number of hydrogen-bond acceptors (Lipinski definition) is 4. The lowest BCUT2D eigenvalue weighted by Gasteiger charge is -2.29. The van der Waals surface area contributed by atoms with Crippen LogP contribution in [0, 0.1) is 0 Å².